The van der Waals surface area contributed by atoms with E-state index in [9.17, 15) is 5.11 Å². The lowest BCUT2D eigenvalue weighted by Crippen LogP contribution is -1.96. The summed E-state index contributed by atoms with van der Waals surface area (Å²) in [7, 11) is 0. The van der Waals surface area contributed by atoms with Gasteiger partial charge in [0, 0.05) is 5.56 Å². The lowest BCUT2D eigenvalue weighted by atomic mass is 9.85. The lowest BCUT2D eigenvalue weighted by Gasteiger charge is -2.19. The van der Waals surface area contributed by atoms with Crippen LogP contribution in [0.1, 0.15) is 25.3 Å². The van der Waals surface area contributed by atoms with Crippen LogP contribution in [0.2, 0.25) is 0 Å². The van der Waals surface area contributed by atoms with E-state index in [0.29, 0.717) is 5.75 Å². The molecule has 1 N–H and O–H groups in total. The van der Waals surface area contributed by atoms with Crippen LogP contribution in [0.25, 0.3) is 22.3 Å². The molecule has 0 spiro atoms. The van der Waals surface area contributed by atoms with Crippen molar-refractivity contribution in [2.45, 2.75) is 19.8 Å². The van der Waals surface area contributed by atoms with Gasteiger partial charge in [-0.15, -0.1) is 0 Å². The highest BCUT2D eigenvalue weighted by atomic mass is 16.3. The molecule has 3 rings (SSSR count). The number of phenols is 1. The van der Waals surface area contributed by atoms with Crippen LogP contribution in [0.3, 0.4) is 0 Å². The zero-order valence-corrected chi connectivity index (χ0v) is 13.0. The highest BCUT2D eigenvalue weighted by molar-refractivity contribution is 5.87. The molecule has 0 aliphatic rings. The summed E-state index contributed by atoms with van der Waals surface area (Å²) in [5.41, 5.74) is 5.60. The van der Waals surface area contributed by atoms with Gasteiger partial charge in [-0.25, -0.2) is 0 Å². The minimum Gasteiger partial charge on any atom is -0.508 e. The van der Waals surface area contributed by atoms with E-state index in [4.69, 9.17) is 0 Å². The minimum atomic E-state index is 0.249. The van der Waals surface area contributed by atoms with Crippen molar-refractivity contribution in [3.8, 4) is 28.0 Å². The molecule has 0 aliphatic carbocycles. The monoisotopic (exact) mass is 288 g/mol. The molecule has 3 aromatic rings. The molecule has 1 nitrogen and oxygen atoms in total. The summed E-state index contributed by atoms with van der Waals surface area (Å²) in [6.45, 7) is 4.24. The van der Waals surface area contributed by atoms with Gasteiger partial charge < -0.3 is 5.11 Å². The topological polar surface area (TPSA) is 20.2 Å². The summed E-state index contributed by atoms with van der Waals surface area (Å²) in [4.78, 5) is 0. The normalized spacial score (nSPS) is 10.9. The number of hydrogen-bond acceptors (Lipinski definition) is 1. The van der Waals surface area contributed by atoms with Crippen LogP contribution in [0.5, 0.6) is 5.75 Å². The number of phenolic OH excluding ortho intramolecular Hbond substituents is 1. The van der Waals surface area contributed by atoms with Gasteiger partial charge in [-0.2, -0.15) is 0 Å². The molecule has 22 heavy (non-hydrogen) atoms. The van der Waals surface area contributed by atoms with Crippen molar-refractivity contribution in [2.24, 2.45) is 0 Å². The Morgan fingerprint density at radius 2 is 1.23 bits per heavy atom. The first kappa shape index (κ1) is 14.4. The molecule has 0 fully saturated rings. The van der Waals surface area contributed by atoms with E-state index in [1.54, 1.807) is 0 Å². The first-order chi connectivity index (χ1) is 10.7. The van der Waals surface area contributed by atoms with Crippen molar-refractivity contribution >= 4 is 0 Å². The van der Waals surface area contributed by atoms with Crippen molar-refractivity contribution in [1.82, 2.24) is 0 Å². The van der Waals surface area contributed by atoms with Crippen LogP contribution in [-0.2, 0) is 0 Å². The molecule has 0 amide bonds. The second-order valence-corrected chi connectivity index (χ2v) is 5.81. The Bertz CT molecular complexity index is 759. The maximum Gasteiger partial charge on any atom is 0.119 e. The van der Waals surface area contributed by atoms with Crippen LogP contribution in [0.15, 0.2) is 72.8 Å². The Kier molecular flexibility index (Phi) is 3.97. The molecule has 0 aromatic heterocycles. The van der Waals surface area contributed by atoms with Gasteiger partial charge in [0.25, 0.3) is 0 Å². The fourth-order valence-electron chi connectivity index (χ4n) is 2.97. The number of aromatic hydroxyl groups is 1. The van der Waals surface area contributed by atoms with Gasteiger partial charge in [0.05, 0.1) is 0 Å². The Morgan fingerprint density at radius 3 is 1.77 bits per heavy atom. The maximum atomic E-state index is 10.4. The third-order valence-electron chi connectivity index (χ3n) is 3.95. The molecule has 0 saturated heterocycles. The molecule has 0 saturated carbocycles. The number of rotatable bonds is 3. The van der Waals surface area contributed by atoms with Crippen molar-refractivity contribution in [2.75, 3.05) is 0 Å². The lowest BCUT2D eigenvalue weighted by molar-refractivity contribution is 0.465. The van der Waals surface area contributed by atoms with E-state index in [-0.39, 0.29) is 5.92 Å². The second kappa shape index (κ2) is 6.07. The van der Waals surface area contributed by atoms with Gasteiger partial charge in [-0.1, -0.05) is 80.6 Å². The Hall–Kier alpha value is -2.54. The summed E-state index contributed by atoms with van der Waals surface area (Å²) in [5, 5.41) is 10.4. The number of hydrogen-bond donors (Lipinski definition) is 1. The van der Waals surface area contributed by atoms with E-state index < -0.39 is 0 Å². The van der Waals surface area contributed by atoms with Gasteiger partial charge in [0.1, 0.15) is 5.75 Å². The van der Waals surface area contributed by atoms with Gasteiger partial charge >= 0.3 is 0 Å². The SMILES string of the molecule is CC(C)c1c(O)ccc(-c2ccccc2)c1-c1ccccc1. The smallest absolute Gasteiger partial charge is 0.119 e. The first-order valence-corrected chi connectivity index (χ1v) is 7.65. The molecule has 0 unspecified atom stereocenters. The quantitative estimate of drug-likeness (QED) is 0.641. The van der Waals surface area contributed by atoms with Crippen LogP contribution in [0.4, 0.5) is 0 Å². The first-order valence-electron chi connectivity index (χ1n) is 7.65. The largest absolute Gasteiger partial charge is 0.508 e. The van der Waals surface area contributed by atoms with Gasteiger partial charge in [0.2, 0.25) is 0 Å². The van der Waals surface area contributed by atoms with Crippen LogP contribution in [-0.4, -0.2) is 5.11 Å². The van der Waals surface area contributed by atoms with E-state index in [2.05, 4.69) is 38.1 Å². The fourth-order valence-corrected chi connectivity index (χ4v) is 2.97. The standard InChI is InChI=1S/C21H20O/c1-15(2)20-19(22)14-13-18(16-9-5-3-6-10-16)21(20)17-11-7-4-8-12-17/h3-15,22H,1-2H3. The highest BCUT2D eigenvalue weighted by Crippen LogP contribution is 2.42. The highest BCUT2D eigenvalue weighted by Gasteiger charge is 2.18. The number of benzene rings is 3. The fraction of sp³-hybridized carbons (Fsp3) is 0.143. The zero-order chi connectivity index (χ0) is 15.5. The molecule has 0 aliphatic heterocycles. The second-order valence-electron chi connectivity index (χ2n) is 5.81. The molecule has 3 aromatic carbocycles. The average Bonchev–Trinajstić information content (AvgIpc) is 2.56. The van der Waals surface area contributed by atoms with E-state index in [1.807, 2.05) is 48.5 Å². The van der Waals surface area contributed by atoms with Crippen molar-refractivity contribution in [3.05, 3.63) is 78.4 Å². The summed E-state index contributed by atoms with van der Waals surface area (Å²) in [5.74, 6) is 0.618. The van der Waals surface area contributed by atoms with E-state index in [0.717, 1.165) is 22.3 Å². The van der Waals surface area contributed by atoms with Crippen molar-refractivity contribution in [1.29, 1.82) is 0 Å². The molecular formula is C21H20O. The van der Waals surface area contributed by atoms with Crippen LogP contribution in [0, 0.1) is 0 Å². The zero-order valence-electron chi connectivity index (χ0n) is 13.0. The van der Waals surface area contributed by atoms with Crippen molar-refractivity contribution in [3.63, 3.8) is 0 Å². The molecular weight excluding hydrogens is 268 g/mol. The molecule has 0 radical (unpaired) electrons. The third kappa shape index (κ3) is 2.62. The predicted molar refractivity (Wildman–Crippen MR) is 93.1 cm³/mol. The van der Waals surface area contributed by atoms with Crippen molar-refractivity contribution < 1.29 is 5.11 Å². The molecule has 0 atom stereocenters. The molecule has 0 heterocycles. The third-order valence-corrected chi connectivity index (χ3v) is 3.95. The predicted octanol–water partition coefficient (Wildman–Crippen LogP) is 5.85. The van der Waals surface area contributed by atoms with E-state index in [1.165, 1.54) is 5.56 Å². The summed E-state index contributed by atoms with van der Waals surface area (Å²) in [6, 6.07) is 24.5. The molecule has 0 bridgehead atoms. The van der Waals surface area contributed by atoms with Gasteiger partial charge in [-0.05, 0) is 34.2 Å². The van der Waals surface area contributed by atoms with Crippen LogP contribution >= 0.6 is 0 Å². The minimum absolute atomic E-state index is 0.249. The summed E-state index contributed by atoms with van der Waals surface area (Å²) >= 11 is 0. The maximum absolute atomic E-state index is 10.4. The van der Waals surface area contributed by atoms with Gasteiger partial charge in [-0.3, -0.25) is 0 Å². The Balaban J connectivity index is 2.34. The molecule has 110 valence electrons. The van der Waals surface area contributed by atoms with Crippen LogP contribution < -0.4 is 0 Å². The summed E-state index contributed by atoms with van der Waals surface area (Å²) in [6.07, 6.45) is 0. The van der Waals surface area contributed by atoms with Gasteiger partial charge in [0.15, 0.2) is 0 Å². The summed E-state index contributed by atoms with van der Waals surface area (Å²) < 4.78 is 0. The molecule has 1 heteroatoms. The average molecular weight is 288 g/mol. The Morgan fingerprint density at radius 1 is 0.682 bits per heavy atom. The Labute approximate surface area is 131 Å². The van der Waals surface area contributed by atoms with E-state index >= 15 is 0 Å².